The molecule has 0 saturated carbocycles. The second-order valence-corrected chi connectivity index (χ2v) is 6.36. The average molecular weight is 399 g/mol. The SMILES string of the molecule is Cc1ccc(NC(=O)COC(=O)CCC(=O)Nc2ccc([N+](=O)[O-])cc2)cc1C. The third kappa shape index (κ3) is 7.06. The standard InChI is InChI=1S/C20H21N3O6/c1-13-3-4-16(11-14(13)2)22-19(25)12-29-20(26)10-9-18(24)21-15-5-7-17(8-6-15)23(27)28/h3-8,11H,9-10,12H2,1-2H3,(H,21,24)(H,22,25). The molecule has 2 amide bonds. The monoisotopic (exact) mass is 399 g/mol. The van der Waals surface area contributed by atoms with Crippen LogP contribution in [-0.4, -0.2) is 29.3 Å². The number of rotatable bonds is 8. The minimum absolute atomic E-state index is 0.0920. The van der Waals surface area contributed by atoms with Crippen molar-refractivity contribution in [3.05, 3.63) is 63.7 Å². The van der Waals surface area contributed by atoms with Gasteiger partial charge in [-0.3, -0.25) is 24.5 Å². The van der Waals surface area contributed by atoms with E-state index < -0.39 is 29.3 Å². The lowest BCUT2D eigenvalue weighted by Gasteiger charge is -2.08. The van der Waals surface area contributed by atoms with Crippen molar-refractivity contribution in [3.8, 4) is 0 Å². The maximum absolute atomic E-state index is 11.9. The summed E-state index contributed by atoms with van der Waals surface area (Å²) in [5, 5.41) is 15.7. The van der Waals surface area contributed by atoms with Crippen LogP contribution in [0.3, 0.4) is 0 Å². The van der Waals surface area contributed by atoms with Crippen LogP contribution in [0.4, 0.5) is 17.1 Å². The summed E-state index contributed by atoms with van der Waals surface area (Å²) < 4.78 is 4.87. The number of carbonyl (C=O) groups is 3. The second-order valence-electron chi connectivity index (χ2n) is 6.36. The number of benzene rings is 2. The van der Waals surface area contributed by atoms with Crippen molar-refractivity contribution in [2.75, 3.05) is 17.2 Å². The van der Waals surface area contributed by atoms with Crippen molar-refractivity contribution in [3.63, 3.8) is 0 Å². The highest BCUT2D eigenvalue weighted by molar-refractivity contribution is 5.94. The lowest BCUT2D eigenvalue weighted by atomic mass is 10.1. The molecule has 2 aromatic rings. The van der Waals surface area contributed by atoms with Gasteiger partial charge in [-0.05, 0) is 49.2 Å². The van der Waals surface area contributed by atoms with Crippen LogP contribution in [0.25, 0.3) is 0 Å². The summed E-state index contributed by atoms with van der Waals surface area (Å²) in [7, 11) is 0. The predicted octanol–water partition coefficient (Wildman–Crippen LogP) is 3.11. The first-order chi connectivity index (χ1) is 13.7. The van der Waals surface area contributed by atoms with Gasteiger partial charge in [-0.15, -0.1) is 0 Å². The Morgan fingerprint density at radius 3 is 2.14 bits per heavy atom. The molecule has 2 N–H and O–H groups in total. The third-order valence-electron chi connectivity index (χ3n) is 4.07. The molecule has 0 saturated heterocycles. The highest BCUT2D eigenvalue weighted by Gasteiger charge is 2.12. The molecular formula is C20H21N3O6. The number of nitrogens with one attached hydrogen (secondary N) is 2. The van der Waals surface area contributed by atoms with Crippen molar-refractivity contribution >= 4 is 34.8 Å². The summed E-state index contributed by atoms with van der Waals surface area (Å²) in [4.78, 5) is 45.5. The van der Waals surface area contributed by atoms with Gasteiger partial charge in [0.25, 0.3) is 11.6 Å². The van der Waals surface area contributed by atoms with Crippen LogP contribution in [-0.2, 0) is 19.1 Å². The number of carbonyl (C=O) groups excluding carboxylic acids is 3. The number of non-ortho nitro benzene ring substituents is 1. The lowest BCUT2D eigenvalue weighted by molar-refractivity contribution is -0.384. The van der Waals surface area contributed by atoms with Crippen LogP contribution in [0.15, 0.2) is 42.5 Å². The van der Waals surface area contributed by atoms with E-state index in [2.05, 4.69) is 10.6 Å². The molecule has 0 atom stereocenters. The summed E-state index contributed by atoms with van der Waals surface area (Å²) in [6, 6.07) is 10.8. The van der Waals surface area contributed by atoms with E-state index >= 15 is 0 Å². The zero-order valence-corrected chi connectivity index (χ0v) is 16.1. The van der Waals surface area contributed by atoms with Gasteiger partial charge in [0.15, 0.2) is 6.61 Å². The zero-order valence-electron chi connectivity index (χ0n) is 16.1. The maximum atomic E-state index is 11.9. The topological polar surface area (TPSA) is 128 Å². The number of nitro groups is 1. The molecule has 0 aliphatic rings. The van der Waals surface area contributed by atoms with Crippen molar-refractivity contribution in [1.29, 1.82) is 0 Å². The number of amides is 2. The van der Waals surface area contributed by atoms with Crippen LogP contribution in [0.2, 0.25) is 0 Å². The number of nitro benzene ring substituents is 1. The molecule has 29 heavy (non-hydrogen) atoms. The highest BCUT2D eigenvalue weighted by atomic mass is 16.6. The Bertz CT molecular complexity index is 924. The van der Waals surface area contributed by atoms with E-state index in [0.717, 1.165) is 11.1 Å². The smallest absolute Gasteiger partial charge is 0.306 e. The number of hydrogen-bond donors (Lipinski definition) is 2. The fourth-order valence-electron chi connectivity index (χ4n) is 2.34. The Morgan fingerprint density at radius 1 is 0.897 bits per heavy atom. The number of ether oxygens (including phenoxy) is 1. The Labute approximate surface area is 167 Å². The second kappa shape index (κ2) is 9.98. The maximum Gasteiger partial charge on any atom is 0.306 e. The molecule has 0 fully saturated rings. The highest BCUT2D eigenvalue weighted by Crippen LogP contribution is 2.16. The predicted molar refractivity (Wildman–Crippen MR) is 106 cm³/mol. The van der Waals surface area contributed by atoms with Crippen LogP contribution < -0.4 is 10.6 Å². The average Bonchev–Trinajstić information content (AvgIpc) is 2.68. The molecule has 2 aromatic carbocycles. The number of anilines is 2. The fourth-order valence-corrected chi connectivity index (χ4v) is 2.34. The number of esters is 1. The van der Waals surface area contributed by atoms with E-state index in [1.54, 1.807) is 6.07 Å². The molecule has 9 heteroatoms. The first-order valence-corrected chi connectivity index (χ1v) is 8.81. The first kappa shape index (κ1) is 21.5. The van der Waals surface area contributed by atoms with Gasteiger partial charge in [-0.25, -0.2) is 0 Å². The largest absolute Gasteiger partial charge is 0.456 e. The van der Waals surface area contributed by atoms with Gasteiger partial charge in [-0.2, -0.15) is 0 Å². The van der Waals surface area contributed by atoms with Crippen molar-refractivity contribution in [2.24, 2.45) is 0 Å². The van der Waals surface area contributed by atoms with Crippen LogP contribution in [0.1, 0.15) is 24.0 Å². The van der Waals surface area contributed by atoms with Crippen molar-refractivity contribution in [2.45, 2.75) is 26.7 Å². The fraction of sp³-hybridized carbons (Fsp3) is 0.250. The molecule has 0 spiro atoms. The summed E-state index contributed by atoms with van der Waals surface area (Å²) in [6.07, 6.45) is -0.343. The molecule has 0 unspecified atom stereocenters. The molecule has 0 heterocycles. The van der Waals surface area contributed by atoms with Crippen molar-refractivity contribution < 1.29 is 24.0 Å². The number of aryl methyl sites for hydroxylation is 2. The summed E-state index contributed by atoms with van der Waals surface area (Å²) in [5.74, 6) is -1.61. The molecule has 152 valence electrons. The van der Waals surface area contributed by atoms with E-state index in [0.29, 0.717) is 11.4 Å². The van der Waals surface area contributed by atoms with Crippen molar-refractivity contribution in [1.82, 2.24) is 0 Å². The van der Waals surface area contributed by atoms with Gasteiger partial charge >= 0.3 is 5.97 Å². The zero-order chi connectivity index (χ0) is 21.4. The molecule has 9 nitrogen and oxygen atoms in total. The molecule has 0 aromatic heterocycles. The Morgan fingerprint density at radius 2 is 1.52 bits per heavy atom. The van der Waals surface area contributed by atoms with Gasteiger partial charge in [0.2, 0.25) is 5.91 Å². The molecule has 0 bridgehead atoms. The summed E-state index contributed by atoms with van der Waals surface area (Å²) in [6.45, 7) is 3.43. The van der Waals surface area contributed by atoms with Crippen LogP contribution in [0.5, 0.6) is 0 Å². The van der Waals surface area contributed by atoms with Gasteiger partial charge < -0.3 is 15.4 Å². The molecule has 0 aliphatic heterocycles. The van der Waals surface area contributed by atoms with E-state index in [1.165, 1.54) is 24.3 Å². The number of nitrogens with zero attached hydrogens (tertiary/aromatic N) is 1. The van der Waals surface area contributed by atoms with Gasteiger partial charge in [0.05, 0.1) is 11.3 Å². The van der Waals surface area contributed by atoms with E-state index in [-0.39, 0.29) is 18.5 Å². The lowest BCUT2D eigenvalue weighted by Crippen LogP contribution is -2.21. The van der Waals surface area contributed by atoms with E-state index in [1.807, 2.05) is 26.0 Å². The summed E-state index contributed by atoms with van der Waals surface area (Å²) >= 11 is 0. The molecule has 0 aliphatic carbocycles. The Hall–Kier alpha value is -3.75. The minimum Gasteiger partial charge on any atom is -0.456 e. The Kier molecular flexibility index (Phi) is 7.41. The van der Waals surface area contributed by atoms with E-state index in [9.17, 15) is 24.5 Å². The quantitative estimate of drug-likeness (QED) is 0.399. The van der Waals surface area contributed by atoms with Gasteiger partial charge in [0, 0.05) is 29.9 Å². The van der Waals surface area contributed by atoms with Crippen LogP contribution >= 0.6 is 0 Å². The molecule has 0 radical (unpaired) electrons. The molecule has 2 rings (SSSR count). The van der Waals surface area contributed by atoms with Crippen LogP contribution in [0, 0.1) is 24.0 Å². The normalized spacial score (nSPS) is 10.1. The Balaban J connectivity index is 1.70. The summed E-state index contributed by atoms with van der Waals surface area (Å²) in [5.41, 5.74) is 3.02. The molecular weight excluding hydrogens is 378 g/mol. The number of hydrogen-bond acceptors (Lipinski definition) is 6. The minimum atomic E-state index is -0.681. The van der Waals surface area contributed by atoms with E-state index in [4.69, 9.17) is 4.74 Å². The first-order valence-electron chi connectivity index (χ1n) is 8.81. The van der Waals surface area contributed by atoms with Gasteiger partial charge in [-0.1, -0.05) is 6.07 Å². The third-order valence-corrected chi connectivity index (χ3v) is 4.07. The van der Waals surface area contributed by atoms with Gasteiger partial charge in [0.1, 0.15) is 0 Å².